The molecule has 0 aliphatic carbocycles. The molecule has 0 saturated carbocycles. The molecular weight excluding hydrogens is 1010 g/mol. The number of imide groups is 1. The van der Waals surface area contributed by atoms with E-state index in [9.17, 15) is 33.6 Å². The lowest BCUT2D eigenvalue weighted by molar-refractivity contribution is -0.137. The van der Waals surface area contributed by atoms with Crippen LogP contribution in [0.4, 0.5) is 17.1 Å². The van der Waals surface area contributed by atoms with Gasteiger partial charge in [0.2, 0.25) is 17.7 Å². The first-order valence-electron chi connectivity index (χ1n) is 26.5. The Bertz CT molecular complexity index is 3170. The van der Waals surface area contributed by atoms with Gasteiger partial charge in [-0.1, -0.05) is 38.5 Å². The third kappa shape index (κ3) is 12.3. The molecule has 5 aliphatic heterocycles. The molecule has 7 amide bonds. The average Bonchev–Trinajstić information content (AvgIpc) is 4.12. The normalized spacial score (nSPS) is 17.6. The molecule has 79 heavy (non-hydrogen) atoms. The number of nitrogens with one attached hydrogen (secondary N) is 3. The smallest absolute Gasteiger partial charge is 0.260 e. The molecule has 4 aromatic rings. The molecule has 4 atom stereocenters. The summed E-state index contributed by atoms with van der Waals surface area (Å²) in [4.78, 5) is 105. The highest BCUT2D eigenvalue weighted by atomic mass is 16.5. The van der Waals surface area contributed by atoms with Gasteiger partial charge in [-0.2, -0.15) is 0 Å². The minimum atomic E-state index is -0.925. The predicted molar refractivity (Wildman–Crippen MR) is 295 cm³/mol. The summed E-state index contributed by atoms with van der Waals surface area (Å²) in [5.74, 6) is -0.221. The molecule has 5 heterocycles. The molecule has 9 rings (SSSR count). The van der Waals surface area contributed by atoms with Gasteiger partial charge in [-0.3, -0.25) is 48.4 Å². The Morgan fingerprint density at radius 1 is 0.658 bits per heavy atom. The van der Waals surface area contributed by atoms with E-state index in [1.807, 2.05) is 47.6 Å². The molecule has 4 aromatic carbocycles. The monoisotopic (exact) mass is 1080 g/mol. The number of unbranched alkanes of at least 4 members (excludes halogenated alkanes) is 2. The van der Waals surface area contributed by atoms with Crippen LogP contribution in [0.3, 0.4) is 0 Å². The fourth-order valence-electron chi connectivity index (χ4n) is 10.0. The van der Waals surface area contributed by atoms with Crippen LogP contribution >= 0.6 is 0 Å². The Morgan fingerprint density at radius 3 is 1.94 bits per heavy atom. The first kappa shape index (κ1) is 55.0. The molecule has 0 bridgehead atoms. The van der Waals surface area contributed by atoms with Crippen LogP contribution in [-0.2, 0) is 36.9 Å². The van der Waals surface area contributed by atoms with E-state index >= 15 is 0 Å². The van der Waals surface area contributed by atoms with Gasteiger partial charge in [-0.05, 0) is 90.8 Å². The largest absolute Gasteiger partial charge is 0.497 e. The van der Waals surface area contributed by atoms with Crippen molar-refractivity contribution in [3.8, 4) is 28.7 Å². The van der Waals surface area contributed by atoms with Crippen LogP contribution in [0.5, 0.6) is 28.7 Å². The zero-order valence-corrected chi connectivity index (χ0v) is 45.0. The number of hydrogen-bond donors (Lipinski definition) is 3. The summed E-state index contributed by atoms with van der Waals surface area (Å²) >= 11 is 0. The number of rotatable bonds is 22. The van der Waals surface area contributed by atoms with Crippen LogP contribution in [0.25, 0.3) is 5.57 Å². The number of nitrogens with zero attached hydrogens (tertiary/aromatic N) is 5. The van der Waals surface area contributed by atoms with Crippen LogP contribution in [0.2, 0.25) is 0 Å². The number of carbonyl (C=O) groups excluding carboxylic acids is 7. The summed E-state index contributed by atoms with van der Waals surface area (Å²) in [6.07, 6.45) is 11.3. The maximum atomic E-state index is 14.1. The minimum Gasteiger partial charge on any atom is -0.497 e. The Hall–Kier alpha value is -8.81. The van der Waals surface area contributed by atoms with E-state index in [-0.39, 0.29) is 73.7 Å². The first-order chi connectivity index (χ1) is 38.1. The summed E-state index contributed by atoms with van der Waals surface area (Å²) in [5.41, 5.74) is 6.14. The van der Waals surface area contributed by atoms with Gasteiger partial charge in [-0.25, -0.2) is 0 Å². The molecular formula is C59H64N8O12. The van der Waals surface area contributed by atoms with E-state index in [1.165, 1.54) is 26.4 Å². The Kier molecular flexibility index (Phi) is 16.9. The molecule has 5 aliphatic rings. The number of anilines is 1. The van der Waals surface area contributed by atoms with Crippen molar-refractivity contribution in [3.05, 3.63) is 113 Å². The van der Waals surface area contributed by atoms with Crippen molar-refractivity contribution in [2.45, 2.75) is 96.4 Å². The summed E-state index contributed by atoms with van der Waals surface area (Å²) in [6, 6.07) is 17.5. The topological polar surface area (TPSA) is 236 Å². The van der Waals surface area contributed by atoms with E-state index in [4.69, 9.17) is 33.7 Å². The number of hydrogen-bond acceptors (Lipinski definition) is 14. The lowest BCUT2D eigenvalue weighted by Gasteiger charge is -2.34. The van der Waals surface area contributed by atoms with Gasteiger partial charge in [0, 0.05) is 81.0 Å². The number of amides is 7. The maximum absolute atomic E-state index is 14.1. The summed E-state index contributed by atoms with van der Waals surface area (Å²) in [7, 11) is 4.66. The molecule has 0 saturated heterocycles. The molecule has 1 unspecified atom stereocenters. The third-order valence-corrected chi connectivity index (χ3v) is 14.5. The summed E-state index contributed by atoms with van der Waals surface area (Å²) in [6.45, 7) is 6.38. The second-order valence-electron chi connectivity index (χ2n) is 20.2. The van der Waals surface area contributed by atoms with Gasteiger partial charge in [0.15, 0.2) is 23.0 Å². The van der Waals surface area contributed by atoms with Gasteiger partial charge in [-0.15, -0.1) is 0 Å². The van der Waals surface area contributed by atoms with Crippen molar-refractivity contribution in [1.29, 1.82) is 0 Å². The van der Waals surface area contributed by atoms with Gasteiger partial charge >= 0.3 is 0 Å². The van der Waals surface area contributed by atoms with Gasteiger partial charge < -0.3 is 49.4 Å². The van der Waals surface area contributed by atoms with Gasteiger partial charge in [0.05, 0.1) is 69.1 Å². The molecule has 0 radical (unpaired) electrons. The fourth-order valence-corrected chi connectivity index (χ4v) is 10.0. The highest BCUT2D eigenvalue weighted by Crippen LogP contribution is 2.41. The quantitative estimate of drug-likeness (QED) is 0.0540. The van der Waals surface area contributed by atoms with E-state index < -0.39 is 23.9 Å². The first-order valence-corrected chi connectivity index (χ1v) is 26.5. The molecule has 20 nitrogen and oxygen atoms in total. The van der Waals surface area contributed by atoms with E-state index in [2.05, 4.69) is 16.0 Å². The standard InChI is InChI=1S/C59H64N8O12/c1-34(2)55(64-52(68)11-8-7-9-20-65-53(69)18-19-54(65)70)57(72)62-35(3)56(71)63-40-15-12-36(13-16-40)38-24-42-31-61-47-29-51(48(76-5)26-44(47)58(73)66(42)32-38)79-22-10-21-78-50-28-46-45(27-49(50)77-6)59(74)67-33-39-25-43(75-4)17-14-37(39)23-41(67)30-60-46/h12-19,25-32,34-35,41-42,55H,7-11,20-24,33H2,1-6H3,(H,62,72)(H,63,71)(H,64,68)/t35-,41?,42-,55-/m0/s1. The van der Waals surface area contributed by atoms with Crippen LogP contribution < -0.4 is 39.6 Å². The van der Waals surface area contributed by atoms with Gasteiger partial charge in [0.1, 0.15) is 17.8 Å². The van der Waals surface area contributed by atoms with Crippen molar-refractivity contribution in [2.75, 3.05) is 46.4 Å². The third-order valence-electron chi connectivity index (χ3n) is 14.5. The number of aliphatic imine (C=N–C) groups is 2. The molecule has 0 spiro atoms. The molecule has 20 heteroatoms. The minimum absolute atomic E-state index is 0.143. The van der Waals surface area contributed by atoms with Crippen molar-refractivity contribution in [2.24, 2.45) is 15.9 Å². The van der Waals surface area contributed by atoms with Crippen LogP contribution in [-0.4, -0.2) is 134 Å². The number of fused-ring (bicyclic) bond motifs is 5. The highest BCUT2D eigenvalue weighted by molar-refractivity contribution is 6.13. The lowest BCUT2D eigenvalue weighted by Crippen LogP contribution is -2.53. The Balaban J connectivity index is 0.743. The number of ether oxygens (including phenoxy) is 5. The summed E-state index contributed by atoms with van der Waals surface area (Å²) < 4.78 is 29.1. The van der Waals surface area contributed by atoms with Crippen molar-refractivity contribution in [1.82, 2.24) is 25.3 Å². The fraction of sp³-hybridized carbons (Fsp3) is 0.373. The van der Waals surface area contributed by atoms with Crippen LogP contribution in [0.1, 0.15) is 96.7 Å². The number of carbonyl (C=O) groups is 7. The van der Waals surface area contributed by atoms with E-state index in [0.29, 0.717) is 96.3 Å². The molecule has 0 fully saturated rings. The molecule has 0 aromatic heterocycles. The van der Waals surface area contributed by atoms with E-state index in [1.54, 1.807) is 75.4 Å². The Morgan fingerprint density at radius 2 is 1.30 bits per heavy atom. The second kappa shape index (κ2) is 24.2. The Labute approximate surface area is 457 Å². The zero-order chi connectivity index (χ0) is 55.9. The maximum Gasteiger partial charge on any atom is 0.260 e. The lowest BCUT2D eigenvalue weighted by atomic mass is 9.94. The number of methoxy groups -OCH3 is 3. The molecule has 3 N–H and O–H groups in total. The van der Waals surface area contributed by atoms with Crippen molar-refractivity contribution >= 4 is 76.4 Å². The van der Waals surface area contributed by atoms with Crippen LogP contribution in [0, 0.1) is 5.92 Å². The predicted octanol–water partition coefficient (Wildman–Crippen LogP) is 6.88. The highest BCUT2D eigenvalue weighted by Gasteiger charge is 2.36. The van der Waals surface area contributed by atoms with E-state index in [0.717, 1.165) is 32.9 Å². The van der Waals surface area contributed by atoms with Gasteiger partial charge in [0.25, 0.3) is 23.6 Å². The SMILES string of the molecule is COc1ccc2c(c1)CN1C(=O)c3cc(OC)c(OCCCOc4cc5c(cc4OC)C(=O)N4C=C(c6ccc(NC(=O)[C@H](C)NC(=O)[C@@H](NC(=O)CCCCCN7C(=O)C=CC7=O)C(C)C)cc6)C[C@H]4C=N5)cc3N=CC1C2. The summed E-state index contributed by atoms with van der Waals surface area (Å²) in [5, 5.41) is 8.34. The van der Waals surface area contributed by atoms with Crippen molar-refractivity contribution in [3.63, 3.8) is 0 Å². The van der Waals surface area contributed by atoms with Crippen LogP contribution in [0.15, 0.2) is 95.1 Å². The number of benzene rings is 4. The molecule has 412 valence electrons. The average molecular weight is 1080 g/mol. The zero-order valence-electron chi connectivity index (χ0n) is 45.0. The van der Waals surface area contributed by atoms with Crippen molar-refractivity contribution < 1.29 is 57.2 Å². The second-order valence-corrected chi connectivity index (χ2v) is 20.2.